The summed E-state index contributed by atoms with van der Waals surface area (Å²) in [6.07, 6.45) is 0.778. The highest BCUT2D eigenvalue weighted by Crippen LogP contribution is 2.35. The average Bonchev–Trinajstić information content (AvgIpc) is 3.22. The number of hydrogen-bond donors (Lipinski definition) is 1. The lowest BCUT2D eigenvalue weighted by Gasteiger charge is -2.27. The van der Waals surface area contributed by atoms with Crippen molar-refractivity contribution in [1.82, 2.24) is 10.3 Å². The third kappa shape index (κ3) is 3.67. The molecule has 0 saturated carbocycles. The van der Waals surface area contributed by atoms with E-state index < -0.39 is 5.54 Å². The summed E-state index contributed by atoms with van der Waals surface area (Å²) in [5, 5.41) is 6.20. The van der Waals surface area contributed by atoms with E-state index in [9.17, 15) is 4.79 Å². The van der Waals surface area contributed by atoms with Crippen molar-refractivity contribution in [1.29, 1.82) is 0 Å². The van der Waals surface area contributed by atoms with Crippen molar-refractivity contribution >= 4 is 28.6 Å². The fourth-order valence-electron chi connectivity index (χ4n) is 2.74. The highest BCUT2D eigenvalue weighted by molar-refractivity contribution is 7.12. The third-order valence-corrected chi connectivity index (χ3v) is 6.50. The average molecular weight is 371 g/mol. The van der Waals surface area contributed by atoms with Gasteiger partial charge in [-0.15, -0.1) is 22.7 Å². The minimum Gasteiger partial charge on any atom is -0.340 e. The molecule has 0 aliphatic rings. The second kappa shape index (κ2) is 7.10. The Bertz CT molecular complexity index is 882. The molecular weight excluding hydrogens is 348 g/mol. The van der Waals surface area contributed by atoms with Gasteiger partial charge in [0.2, 0.25) is 0 Å². The number of aromatic nitrogens is 1. The van der Waals surface area contributed by atoms with E-state index in [1.165, 1.54) is 15.3 Å². The van der Waals surface area contributed by atoms with Crippen LogP contribution in [0.15, 0.2) is 41.8 Å². The smallest absolute Gasteiger partial charge is 0.252 e. The molecule has 0 unspecified atom stereocenters. The number of carbonyl (C=O) groups excluding carboxylic acids is 1. The zero-order valence-corrected chi connectivity index (χ0v) is 16.6. The Hall–Kier alpha value is -1.98. The summed E-state index contributed by atoms with van der Waals surface area (Å²) < 4.78 is 0. The predicted octanol–water partition coefficient (Wildman–Crippen LogP) is 5.54. The van der Waals surface area contributed by atoms with E-state index in [0.717, 1.165) is 17.1 Å². The number of carbonyl (C=O) groups is 1. The Kier molecular flexibility index (Phi) is 5.06. The molecule has 5 heteroatoms. The molecule has 3 nitrogen and oxygen atoms in total. The summed E-state index contributed by atoms with van der Waals surface area (Å²) in [6.45, 7) is 8.36. The van der Waals surface area contributed by atoms with Crippen LogP contribution in [0.4, 0.5) is 0 Å². The molecule has 0 aliphatic carbocycles. The summed E-state index contributed by atoms with van der Waals surface area (Å²) in [4.78, 5) is 20.0. The summed E-state index contributed by atoms with van der Waals surface area (Å²) in [5.41, 5.74) is 2.38. The number of aryl methyl sites for hydroxylation is 2. The number of amides is 1. The molecule has 3 rings (SSSR count). The van der Waals surface area contributed by atoms with Crippen LogP contribution in [0, 0.1) is 13.8 Å². The maximum absolute atomic E-state index is 12.6. The number of benzene rings is 1. The molecule has 2 heterocycles. The molecule has 0 aliphatic heterocycles. The number of thiophene rings is 1. The normalized spacial score (nSPS) is 13.4. The van der Waals surface area contributed by atoms with Gasteiger partial charge in [-0.3, -0.25) is 4.79 Å². The van der Waals surface area contributed by atoms with Gasteiger partial charge in [-0.2, -0.15) is 0 Å². The SMILES string of the molecule is CC[C@](C)(NC(=O)c1ccccc1)c1nc(-c2cc(C)sc2C)cs1. The first-order valence-corrected chi connectivity index (χ1v) is 10.0. The van der Waals surface area contributed by atoms with E-state index in [4.69, 9.17) is 4.98 Å². The molecular formula is C20H22N2OS2. The highest BCUT2D eigenvalue weighted by Gasteiger charge is 2.30. The molecule has 0 radical (unpaired) electrons. The van der Waals surface area contributed by atoms with Crippen LogP contribution in [0.5, 0.6) is 0 Å². The van der Waals surface area contributed by atoms with E-state index in [2.05, 4.69) is 37.5 Å². The van der Waals surface area contributed by atoms with Gasteiger partial charge in [-0.05, 0) is 45.4 Å². The Morgan fingerprint density at radius 1 is 1.24 bits per heavy atom. The minimum absolute atomic E-state index is 0.0655. The summed E-state index contributed by atoms with van der Waals surface area (Å²) >= 11 is 3.40. The Labute approximate surface area is 156 Å². The molecule has 0 spiro atoms. The van der Waals surface area contributed by atoms with Gasteiger partial charge in [0, 0.05) is 26.3 Å². The molecule has 1 atom stereocenters. The van der Waals surface area contributed by atoms with Gasteiger partial charge in [-0.25, -0.2) is 4.98 Å². The molecule has 3 aromatic rings. The monoisotopic (exact) mass is 370 g/mol. The minimum atomic E-state index is -0.477. The van der Waals surface area contributed by atoms with E-state index >= 15 is 0 Å². The topological polar surface area (TPSA) is 42.0 Å². The van der Waals surface area contributed by atoms with Crippen molar-refractivity contribution in [2.75, 3.05) is 0 Å². The van der Waals surface area contributed by atoms with E-state index in [1.54, 1.807) is 22.7 Å². The maximum atomic E-state index is 12.6. The van der Waals surface area contributed by atoms with Crippen LogP contribution < -0.4 is 5.32 Å². The molecule has 25 heavy (non-hydrogen) atoms. The zero-order valence-electron chi connectivity index (χ0n) is 14.9. The van der Waals surface area contributed by atoms with Gasteiger partial charge in [-0.1, -0.05) is 25.1 Å². The molecule has 0 bridgehead atoms. The molecule has 1 amide bonds. The predicted molar refractivity (Wildman–Crippen MR) is 106 cm³/mol. The highest BCUT2D eigenvalue weighted by atomic mass is 32.1. The number of nitrogens with one attached hydrogen (secondary N) is 1. The van der Waals surface area contributed by atoms with Gasteiger partial charge in [0.15, 0.2) is 0 Å². The molecule has 130 valence electrons. The van der Waals surface area contributed by atoms with E-state index in [1.807, 2.05) is 37.3 Å². The van der Waals surface area contributed by atoms with Crippen molar-refractivity contribution in [2.45, 2.75) is 39.7 Å². The van der Waals surface area contributed by atoms with Gasteiger partial charge in [0.25, 0.3) is 5.91 Å². The van der Waals surface area contributed by atoms with Crippen LogP contribution in [0.3, 0.4) is 0 Å². The summed E-state index contributed by atoms with van der Waals surface area (Å²) in [5.74, 6) is -0.0655. The Balaban J connectivity index is 1.88. The maximum Gasteiger partial charge on any atom is 0.252 e. The van der Waals surface area contributed by atoms with Crippen LogP contribution in [-0.2, 0) is 5.54 Å². The van der Waals surface area contributed by atoms with Crippen LogP contribution in [0.25, 0.3) is 11.3 Å². The lowest BCUT2D eigenvalue weighted by Crippen LogP contribution is -2.43. The van der Waals surface area contributed by atoms with E-state index in [0.29, 0.717) is 5.56 Å². The van der Waals surface area contributed by atoms with Gasteiger partial charge in [0.1, 0.15) is 5.01 Å². The Morgan fingerprint density at radius 3 is 2.56 bits per heavy atom. The fraction of sp³-hybridized carbons (Fsp3) is 0.300. The van der Waals surface area contributed by atoms with Crippen molar-refractivity contribution in [2.24, 2.45) is 0 Å². The van der Waals surface area contributed by atoms with Crippen LogP contribution in [0.1, 0.15) is 45.4 Å². The summed E-state index contributed by atoms with van der Waals surface area (Å²) in [6, 6.07) is 11.5. The molecule has 1 aromatic carbocycles. The summed E-state index contributed by atoms with van der Waals surface area (Å²) in [7, 11) is 0. The second-order valence-electron chi connectivity index (χ2n) is 6.37. The van der Waals surface area contributed by atoms with Crippen molar-refractivity contribution < 1.29 is 4.79 Å². The number of rotatable bonds is 5. The first-order valence-electron chi connectivity index (χ1n) is 8.34. The van der Waals surface area contributed by atoms with Crippen LogP contribution in [-0.4, -0.2) is 10.9 Å². The quantitative estimate of drug-likeness (QED) is 0.640. The third-order valence-electron chi connectivity index (χ3n) is 4.43. The van der Waals surface area contributed by atoms with Gasteiger partial charge >= 0.3 is 0 Å². The van der Waals surface area contributed by atoms with Gasteiger partial charge < -0.3 is 5.32 Å². The van der Waals surface area contributed by atoms with Crippen LogP contribution >= 0.6 is 22.7 Å². The largest absolute Gasteiger partial charge is 0.340 e. The van der Waals surface area contributed by atoms with Gasteiger partial charge in [0.05, 0.1) is 11.2 Å². The van der Waals surface area contributed by atoms with Crippen LogP contribution in [0.2, 0.25) is 0 Å². The fourth-order valence-corrected chi connectivity index (χ4v) is 4.68. The van der Waals surface area contributed by atoms with Crippen molar-refractivity contribution in [3.63, 3.8) is 0 Å². The first-order chi connectivity index (χ1) is 11.9. The molecule has 0 fully saturated rings. The lowest BCUT2D eigenvalue weighted by atomic mass is 9.99. The number of thiazole rings is 1. The molecule has 0 saturated heterocycles. The number of hydrogen-bond acceptors (Lipinski definition) is 4. The standard InChI is InChI=1S/C20H22N2OS2/c1-5-20(4,22-18(23)15-9-7-6-8-10-15)19-21-17(12-24-19)16-11-13(2)25-14(16)3/h6-12H,5H2,1-4H3,(H,22,23)/t20-/m0/s1. The molecule has 2 aromatic heterocycles. The second-order valence-corrected chi connectivity index (χ2v) is 8.69. The van der Waals surface area contributed by atoms with Crippen molar-refractivity contribution in [3.8, 4) is 11.3 Å². The van der Waals surface area contributed by atoms with E-state index in [-0.39, 0.29) is 5.91 Å². The lowest BCUT2D eigenvalue weighted by molar-refractivity contribution is 0.0902. The first kappa shape index (κ1) is 17.8. The van der Waals surface area contributed by atoms with Crippen molar-refractivity contribution in [3.05, 3.63) is 62.1 Å². The zero-order chi connectivity index (χ0) is 18.0. The molecule has 1 N–H and O–H groups in total. The Morgan fingerprint density at radius 2 is 1.96 bits per heavy atom. The number of nitrogens with zero attached hydrogens (tertiary/aromatic N) is 1.